The van der Waals surface area contributed by atoms with Gasteiger partial charge in [-0.3, -0.25) is 4.79 Å². The molecule has 1 aromatic heterocycles. The van der Waals surface area contributed by atoms with E-state index in [0.717, 1.165) is 25.0 Å². The summed E-state index contributed by atoms with van der Waals surface area (Å²) in [6.07, 6.45) is 4.59. The van der Waals surface area contributed by atoms with Crippen molar-refractivity contribution in [1.82, 2.24) is 10.3 Å². The number of carbonyl (C=O) groups is 1. The molecule has 1 heterocycles. The third kappa shape index (κ3) is 2.11. The molecule has 2 aliphatic rings. The van der Waals surface area contributed by atoms with Crippen LogP contribution in [0.15, 0.2) is 41.1 Å². The van der Waals surface area contributed by atoms with Crippen molar-refractivity contribution in [3.05, 3.63) is 53.7 Å². The number of hydrogen-bond donors (Lipinski definition) is 1. The number of benzene rings is 1. The summed E-state index contributed by atoms with van der Waals surface area (Å²) in [5.74, 6) is 1.52. The molecule has 0 spiro atoms. The van der Waals surface area contributed by atoms with Gasteiger partial charge in [0.2, 0.25) is 0 Å². The minimum absolute atomic E-state index is 0.0934. The van der Waals surface area contributed by atoms with Gasteiger partial charge in [-0.15, -0.1) is 0 Å². The summed E-state index contributed by atoms with van der Waals surface area (Å²) in [6.45, 7) is 0. The lowest BCUT2D eigenvalue weighted by Crippen LogP contribution is -2.27. The summed E-state index contributed by atoms with van der Waals surface area (Å²) in [6, 6.07) is 10.5. The predicted molar refractivity (Wildman–Crippen MR) is 73.5 cm³/mol. The zero-order valence-electron chi connectivity index (χ0n) is 11.1. The molecule has 2 atom stereocenters. The van der Waals surface area contributed by atoms with Crippen LogP contribution in [0.2, 0.25) is 0 Å². The summed E-state index contributed by atoms with van der Waals surface area (Å²) in [7, 11) is 0. The third-order valence-corrected chi connectivity index (χ3v) is 4.09. The number of oxazole rings is 1. The number of nitrogens with one attached hydrogen (secondary N) is 1. The second-order valence-electron chi connectivity index (χ2n) is 5.67. The van der Waals surface area contributed by atoms with E-state index in [1.807, 2.05) is 18.2 Å². The van der Waals surface area contributed by atoms with Crippen molar-refractivity contribution in [3.8, 4) is 0 Å². The fourth-order valence-corrected chi connectivity index (χ4v) is 2.72. The van der Waals surface area contributed by atoms with E-state index in [4.69, 9.17) is 4.42 Å². The smallest absolute Gasteiger partial charge is 0.273 e. The third-order valence-electron chi connectivity index (χ3n) is 4.09. The molecular weight excluding hydrogens is 252 g/mol. The monoisotopic (exact) mass is 268 g/mol. The second-order valence-corrected chi connectivity index (χ2v) is 5.67. The van der Waals surface area contributed by atoms with Crippen LogP contribution < -0.4 is 5.32 Å². The summed E-state index contributed by atoms with van der Waals surface area (Å²) in [5.41, 5.74) is 1.77. The summed E-state index contributed by atoms with van der Waals surface area (Å²) in [4.78, 5) is 16.3. The van der Waals surface area contributed by atoms with E-state index in [-0.39, 0.29) is 11.9 Å². The first-order valence-electron chi connectivity index (χ1n) is 7.12. The van der Waals surface area contributed by atoms with Gasteiger partial charge in [0.25, 0.3) is 5.91 Å². The van der Waals surface area contributed by atoms with Crippen LogP contribution in [0.5, 0.6) is 0 Å². The Morgan fingerprint density at radius 3 is 2.80 bits per heavy atom. The van der Waals surface area contributed by atoms with E-state index in [1.165, 1.54) is 12.0 Å². The lowest BCUT2D eigenvalue weighted by molar-refractivity contribution is 0.0944. The molecule has 102 valence electrons. The van der Waals surface area contributed by atoms with Gasteiger partial charge < -0.3 is 9.73 Å². The van der Waals surface area contributed by atoms with E-state index >= 15 is 0 Å². The van der Waals surface area contributed by atoms with Gasteiger partial charge in [0.1, 0.15) is 5.76 Å². The molecule has 0 unspecified atom stereocenters. The molecule has 20 heavy (non-hydrogen) atoms. The summed E-state index contributed by atoms with van der Waals surface area (Å²) < 4.78 is 5.35. The van der Waals surface area contributed by atoms with E-state index in [1.54, 1.807) is 0 Å². The lowest BCUT2D eigenvalue weighted by atomic mass is 10.1. The van der Waals surface area contributed by atoms with Crippen molar-refractivity contribution < 1.29 is 9.21 Å². The molecule has 4 heteroatoms. The average Bonchev–Trinajstić information content (AvgIpc) is 3.40. The fraction of sp³-hybridized carbons (Fsp3) is 0.375. The molecule has 4 rings (SSSR count). The largest absolute Gasteiger partial charge is 0.447 e. The molecule has 2 fully saturated rings. The van der Waals surface area contributed by atoms with Crippen molar-refractivity contribution in [2.24, 2.45) is 0 Å². The molecule has 0 saturated heterocycles. The van der Waals surface area contributed by atoms with E-state index in [2.05, 4.69) is 22.4 Å². The molecule has 4 nitrogen and oxygen atoms in total. The number of aromatic nitrogens is 1. The van der Waals surface area contributed by atoms with Crippen LogP contribution in [0.4, 0.5) is 0 Å². The molecule has 0 radical (unpaired) electrons. The Hall–Kier alpha value is -2.10. The predicted octanol–water partition coefficient (Wildman–Crippen LogP) is 2.84. The van der Waals surface area contributed by atoms with E-state index in [0.29, 0.717) is 17.5 Å². The standard InChI is InChI=1S/C16H16N2O2/c19-16(14-15(11-6-7-11)20-9-17-14)18-13-8-12(13)10-4-2-1-3-5-10/h1-5,9,11-13H,6-8H2,(H,18,19)/t12-,13+/m0/s1. The van der Waals surface area contributed by atoms with Gasteiger partial charge in [-0.2, -0.15) is 0 Å². The van der Waals surface area contributed by atoms with Crippen LogP contribution in [-0.2, 0) is 0 Å². The molecule has 0 bridgehead atoms. The van der Waals surface area contributed by atoms with Gasteiger partial charge >= 0.3 is 0 Å². The highest BCUT2D eigenvalue weighted by Crippen LogP contribution is 2.43. The Balaban J connectivity index is 1.43. The maximum atomic E-state index is 12.3. The number of hydrogen-bond acceptors (Lipinski definition) is 3. The highest BCUT2D eigenvalue weighted by molar-refractivity contribution is 5.94. The molecule has 0 aliphatic heterocycles. The Morgan fingerprint density at radius 2 is 2.05 bits per heavy atom. The van der Waals surface area contributed by atoms with Crippen molar-refractivity contribution in [1.29, 1.82) is 0 Å². The Morgan fingerprint density at radius 1 is 1.25 bits per heavy atom. The minimum Gasteiger partial charge on any atom is -0.447 e. The second kappa shape index (κ2) is 4.47. The summed E-state index contributed by atoms with van der Waals surface area (Å²) >= 11 is 0. The van der Waals surface area contributed by atoms with Crippen LogP contribution in [-0.4, -0.2) is 16.9 Å². The highest BCUT2D eigenvalue weighted by Gasteiger charge is 2.41. The maximum absolute atomic E-state index is 12.3. The first-order valence-corrected chi connectivity index (χ1v) is 7.12. The maximum Gasteiger partial charge on any atom is 0.273 e. The Bertz CT molecular complexity index is 631. The topological polar surface area (TPSA) is 55.1 Å². The van der Waals surface area contributed by atoms with Gasteiger partial charge in [-0.1, -0.05) is 30.3 Å². The zero-order chi connectivity index (χ0) is 13.5. The number of rotatable bonds is 4. The van der Waals surface area contributed by atoms with Crippen LogP contribution in [0.25, 0.3) is 0 Å². The summed E-state index contributed by atoms with van der Waals surface area (Å²) in [5, 5.41) is 3.07. The number of nitrogens with zero attached hydrogens (tertiary/aromatic N) is 1. The van der Waals surface area contributed by atoms with Gasteiger partial charge in [0.15, 0.2) is 12.1 Å². The molecular formula is C16H16N2O2. The quantitative estimate of drug-likeness (QED) is 0.927. The fourth-order valence-electron chi connectivity index (χ4n) is 2.72. The molecule has 2 aliphatic carbocycles. The van der Waals surface area contributed by atoms with Crippen molar-refractivity contribution in [2.75, 3.05) is 0 Å². The zero-order valence-corrected chi connectivity index (χ0v) is 11.1. The Labute approximate surface area is 117 Å². The van der Waals surface area contributed by atoms with Gasteiger partial charge in [-0.05, 0) is 24.8 Å². The van der Waals surface area contributed by atoms with Crippen LogP contribution in [0, 0.1) is 0 Å². The van der Waals surface area contributed by atoms with Gasteiger partial charge in [0.05, 0.1) is 0 Å². The first-order chi connectivity index (χ1) is 9.83. The van der Waals surface area contributed by atoms with Crippen LogP contribution in [0.1, 0.15) is 52.9 Å². The average molecular weight is 268 g/mol. The molecule has 2 saturated carbocycles. The minimum atomic E-state index is -0.0934. The molecule has 1 amide bonds. The number of amides is 1. The van der Waals surface area contributed by atoms with Crippen LogP contribution in [0.3, 0.4) is 0 Å². The van der Waals surface area contributed by atoms with Gasteiger partial charge in [-0.25, -0.2) is 4.98 Å². The van der Waals surface area contributed by atoms with Crippen molar-refractivity contribution in [2.45, 2.75) is 37.1 Å². The molecule has 1 N–H and O–H groups in total. The first kappa shape index (κ1) is 11.7. The van der Waals surface area contributed by atoms with Crippen molar-refractivity contribution >= 4 is 5.91 Å². The van der Waals surface area contributed by atoms with Crippen molar-refractivity contribution in [3.63, 3.8) is 0 Å². The molecule has 1 aromatic carbocycles. The molecule has 2 aromatic rings. The number of carbonyl (C=O) groups excluding carboxylic acids is 1. The normalized spacial score (nSPS) is 24.4. The van der Waals surface area contributed by atoms with Gasteiger partial charge in [0, 0.05) is 17.9 Å². The SMILES string of the molecule is O=C(N[C@@H]1C[C@H]1c1ccccc1)c1ncoc1C1CC1. The van der Waals surface area contributed by atoms with Crippen LogP contribution >= 0.6 is 0 Å². The lowest BCUT2D eigenvalue weighted by Gasteiger charge is -2.04. The highest BCUT2D eigenvalue weighted by atomic mass is 16.3. The Kier molecular flexibility index (Phi) is 2.62. The van der Waals surface area contributed by atoms with E-state index in [9.17, 15) is 4.79 Å². The van der Waals surface area contributed by atoms with E-state index < -0.39 is 0 Å².